The van der Waals surface area contributed by atoms with Crippen LogP contribution >= 0.6 is 15.9 Å². The minimum Gasteiger partial charge on any atom is -0.456 e. The fourth-order valence-corrected chi connectivity index (χ4v) is 2.81. The number of nitrogens with two attached hydrogens (primary N) is 1. The molecule has 2 N–H and O–H groups in total. The first-order valence-corrected chi connectivity index (χ1v) is 7.36. The maximum atomic E-state index is 12.2. The summed E-state index contributed by atoms with van der Waals surface area (Å²) in [5.41, 5.74) is 5.98. The van der Waals surface area contributed by atoms with E-state index >= 15 is 0 Å². The predicted octanol–water partition coefficient (Wildman–Crippen LogP) is 3.53. The normalized spacial score (nSPS) is 23.6. The highest BCUT2D eigenvalue weighted by Crippen LogP contribution is 2.39. The highest BCUT2D eigenvalue weighted by atomic mass is 79.9. The van der Waals surface area contributed by atoms with Crippen LogP contribution in [0.5, 0.6) is 0 Å². The number of hydrogen-bond donors (Lipinski definition) is 1. The van der Waals surface area contributed by atoms with Gasteiger partial charge >= 0.3 is 5.97 Å². The molecule has 1 fully saturated rings. The van der Waals surface area contributed by atoms with Crippen LogP contribution < -0.4 is 5.73 Å². The number of hydrogen-bond acceptors (Lipinski definition) is 4. The van der Waals surface area contributed by atoms with Gasteiger partial charge in [0, 0.05) is 16.6 Å². The summed E-state index contributed by atoms with van der Waals surface area (Å²) in [4.78, 5) is 12.2. The summed E-state index contributed by atoms with van der Waals surface area (Å²) in [5.74, 6) is -0.372. The van der Waals surface area contributed by atoms with Crippen molar-refractivity contribution in [1.82, 2.24) is 0 Å². The molecule has 2 rings (SSSR count). The number of benzene rings is 1. The first kappa shape index (κ1) is 15.3. The summed E-state index contributed by atoms with van der Waals surface area (Å²) in [6, 6.07) is 5.04. The van der Waals surface area contributed by atoms with Crippen molar-refractivity contribution in [1.29, 1.82) is 0 Å². The fourth-order valence-electron chi connectivity index (χ4n) is 2.56. The Kier molecular flexibility index (Phi) is 3.86. The van der Waals surface area contributed by atoms with Crippen LogP contribution in [-0.4, -0.2) is 23.3 Å². The third kappa shape index (κ3) is 3.15. The van der Waals surface area contributed by atoms with E-state index in [1.54, 1.807) is 18.2 Å². The molecule has 1 aromatic rings. The molecule has 0 spiro atoms. The van der Waals surface area contributed by atoms with Crippen molar-refractivity contribution in [3.05, 3.63) is 28.2 Å². The Labute approximate surface area is 127 Å². The lowest BCUT2D eigenvalue weighted by molar-refractivity contribution is -0.0924. The molecule has 0 amide bonds. The zero-order valence-corrected chi connectivity index (χ0v) is 13.8. The number of nitrogen functional groups attached to an aromatic ring is 1. The average Bonchev–Trinajstić information content (AvgIpc) is 2.50. The van der Waals surface area contributed by atoms with Gasteiger partial charge in [-0.25, -0.2) is 4.79 Å². The minimum atomic E-state index is -0.486. The summed E-state index contributed by atoms with van der Waals surface area (Å²) < 4.78 is 12.3. The van der Waals surface area contributed by atoms with Gasteiger partial charge in [-0.15, -0.1) is 0 Å². The molecule has 1 aliphatic heterocycles. The van der Waals surface area contributed by atoms with E-state index in [0.717, 1.165) is 4.47 Å². The Morgan fingerprint density at radius 2 is 2.05 bits per heavy atom. The number of carbonyl (C=O) groups is 1. The van der Waals surface area contributed by atoms with Crippen LogP contribution in [0.3, 0.4) is 0 Å². The molecule has 0 aliphatic carbocycles. The lowest BCUT2D eigenvalue weighted by Crippen LogP contribution is -2.36. The molecule has 0 saturated carbocycles. The second kappa shape index (κ2) is 5.04. The molecule has 0 aromatic heterocycles. The molecular weight excluding hydrogens is 322 g/mol. The molecule has 1 atom stereocenters. The first-order chi connectivity index (χ1) is 9.11. The van der Waals surface area contributed by atoms with Crippen molar-refractivity contribution >= 4 is 27.6 Å². The van der Waals surface area contributed by atoms with Gasteiger partial charge in [0.05, 0.1) is 11.2 Å². The van der Waals surface area contributed by atoms with Crippen LogP contribution in [0.4, 0.5) is 5.69 Å². The molecule has 0 bridgehead atoms. The van der Waals surface area contributed by atoms with Crippen molar-refractivity contribution in [3.63, 3.8) is 0 Å². The van der Waals surface area contributed by atoms with E-state index < -0.39 is 5.60 Å². The maximum absolute atomic E-state index is 12.2. The van der Waals surface area contributed by atoms with Crippen LogP contribution in [0, 0.1) is 0 Å². The SMILES string of the molecule is CC1(C)CC(OC(=O)c2ccc(Br)c(N)c2)C(C)(C)O1. The van der Waals surface area contributed by atoms with E-state index in [9.17, 15) is 4.79 Å². The van der Waals surface area contributed by atoms with Crippen molar-refractivity contribution in [2.45, 2.75) is 51.4 Å². The lowest BCUT2D eigenvalue weighted by Gasteiger charge is -2.26. The van der Waals surface area contributed by atoms with E-state index in [1.807, 2.05) is 27.7 Å². The zero-order valence-electron chi connectivity index (χ0n) is 12.2. The van der Waals surface area contributed by atoms with Gasteiger partial charge in [0.15, 0.2) is 0 Å². The molecule has 1 heterocycles. The monoisotopic (exact) mass is 341 g/mol. The third-order valence-electron chi connectivity index (χ3n) is 3.47. The molecule has 1 saturated heterocycles. The van der Waals surface area contributed by atoms with Gasteiger partial charge in [0.2, 0.25) is 0 Å². The molecule has 0 radical (unpaired) electrons. The van der Waals surface area contributed by atoms with Crippen LogP contribution in [0.2, 0.25) is 0 Å². The topological polar surface area (TPSA) is 61.5 Å². The molecule has 110 valence electrons. The van der Waals surface area contributed by atoms with Gasteiger partial charge in [-0.1, -0.05) is 0 Å². The zero-order chi connectivity index (χ0) is 15.1. The number of rotatable bonds is 2. The quantitative estimate of drug-likeness (QED) is 0.660. The minimum absolute atomic E-state index is 0.269. The van der Waals surface area contributed by atoms with Crippen LogP contribution in [0.25, 0.3) is 0 Å². The van der Waals surface area contributed by atoms with Crippen LogP contribution in [-0.2, 0) is 9.47 Å². The summed E-state index contributed by atoms with van der Waals surface area (Å²) >= 11 is 3.30. The number of anilines is 1. The summed E-state index contributed by atoms with van der Waals surface area (Å²) in [6.07, 6.45) is 0.410. The lowest BCUT2D eigenvalue weighted by atomic mass is 9.97. The standard InChI is InChI=1S/C15H20BrNO3/c1-14(2)8-12(15(3,4)20-14)19-13(18)9-5-6-10(16)11(17)7-9/h5-7,12H,8,17H2,1-4H3. The van der Waals surface area contributed by atoms with Crippen LogP contribution in [0.15, 0.2) is 22.7 Å². The first-order valence-electron chi connectivity index (χ1n) is 6.57. The molecule has 1 unspecified atom stereocenters. The Morgan fingerprint density at radius 1 is 1.40 bits per heavy atom. The summed E-state index contributed by atoms with van der Waals surface area (Å²) in [7, 11) is 0. The molecular formula is C15H20BrNO3. The van der Waals surface area contributed by atoms with E-state index in [0.29, 0.717) is 17.7 Å². The second-order valence-electron chi connectivity index (χ2n) is 6.30. The van der Waals surface area contributed by atoms with E-state index in [2.05, 4.69) is 15.9 Å². The molecule has 1 aromatic carbocycles. The Morgan fingerprint density at radius 3 is 2.55 bits per heavy atom. The number of carbonyl (C=O) groups excluding carboxylic acids is 1. The Hall–Kier alpha value is -1.07. The third-order valence-corrected chi connectivity index (χ3v) is 4.19. The molecule has 4 nitrogen and oxygen atoms in total. The molecule has 1 aliphatic rings. The Bertz CT molecular complexity index is 540. The number of ether oxygens (including phenoxy) is 2. The smallest absolute Gasteiger partial charge is 0.338 e. The summed E-state index contributed by atoms with van der Waals surface area (Å²) in [5, 5.41) is 0. The van der Waals surface area contributed by atoms with Crippen molar-refractivity contribution in [2.75, 3.05) is 5.73 Å². The number of halogens is 1. The molecule has 20 heavy (non-hydrogen) atoms. The van der Waals surface area contributed by atoms with E-state index in [4.69, 9.17) is 15.2 Å². The summed E-state index contributed by atoms with van der Waals surface area (Å²) in [6.45, 7) is 7.88. The predicted molar refractivity (Wildman–Crippen MR) is 81.6 cm³/mol. The van der Waals surface area contributed by atoms with E-state index in [-0.39, 0.29) is 17.7 Å². The Balaban J connectivity index is 2.14. The average molecular weight is 342 g/mol. The van der Waals surface area contributed by atoms with Crippen molar-refractivity contribution in [3.8, 4) is 0 Å². The van der Waals surface area contributed by atoms with Crippen LogP contribution in [0.1, 0.15) is 44.5 Å². The van der Waals surface area contributed by atoms with Gasteiger partial charge in [-0.3, -0.25) is 0 Å². The molecule has 5 heteroatoms. The van der Waals surface area contributed by atoms with Gasteiger partial charge < -0.3 is 15.2 Å². The highest BCUT2D eigenvalue weighted by molar-refractivity contribution is 9.10. The van der Waals surface area contributed by atoms with Gasteiger partial charge in [0.25, 0.3) is 0 Å². The van der Waals surface area contributed by atoms with E-state index in [1.165, 1.54) is 0 Å². The van der Waals surface area contributed by atoms with Gasteiger partial charge in [-0.2, -0.15) is 0 Å². The number of esters is 1. The van der Waals surface area contributed by atoms with Crippen molar-refractivity contribution in [2.24, 2.45) is 0 Å². The fraction of sp³-hybridized carbons (Fsp3) is 0.533. The second-order valence-corrected chi connectivity index (χ2v) is 7.15. The van der Waals surface area contributed by atoms with Gasteiger partial charge in [0.1, 0.15) is 11.7 Å². The van der Waals surface area contributed by atoms with Crippen molar-refractivity contribution < 1.29 is 14.3 Å². The largest absolute Gasteiger partial charge is 0.456 e. The maximum Gasteiger partial charge on any atom is 0.338 e. The van der Waals surface area contributed by atoms with Gasteiger partial charge in [-0.05, 0) is 61.8 Å². The highest BCUT2D eigenvalue weighted by Gasteiger charge is 2.48.